The number of piperidine rings is 2. The van der Waals surface area contributed by atoms with Crippen molar-refractivity contribution in [2.24, 2.45) is 11.8 Å². The van der Waals surface area contributed by atoms with Gasteiger partial charge in [-0.25, -0.2) is 9.59 Å². The van der Waals surface area contributed by atoms with Crippen LogP contribution in [-0.4, -0.2) is 73.1 Å². The van der Waals surface area contributed by atoms with E-state index in [9.17, 15) is 19.2 Å². The quantitative estimate of drug-likeness (QED) is 0.134. The molecular formula is C54H86N2O8. The number of hydrogen-bond donors (Lipinski definition) is 0. The molecule has 0 saturated carbocycles. The molecule has 2 heterocycles. The minimum atomic E-state index is -0.762. The molecule has 10 nitrogen and oxygen atoms in total. The number of rotatable bonds is 14. The Morgan fingerprint density at radius 3 is 1.41 bits per heavy atom. The fourth-order valence-electron chi connectivity index (χ4n) is 8.61. The first kappa shape index (κ1) is 56.4. The van der Waals surface area contributed by atoms with Gasteiger partial charge >= 0.3 is 11.9 Å². The van der Waals surface area contributed by atoms with E-state index in [1.807, 2.05) is 96.9 Å². The second-order valence-electron chi connectivity index (χ2n) is 21.0. The Morgan fingerprint density at radius 1 is 0.672 bits per heavy atom. The minimum absolute atomic E-state index is 0.0184. The normalized spacial score (nSPS) is 28.0. The van der Waals surface area contributed by atoms with Gasteiger partial charge in [-0.1, -0.05) is 116 Å². The lowest BCUT2D eigenvalue weighted by Crippen LogP contribution is -2.67. The molecule has 0 bridgehead atoms. The van der Waals surface area contributed by atoms with Crippen molar-refractivity contribution in [2.45, 2.75) is 221 Å². The van der Waals surface area contributed by atoms with Crippen LogP contribution < -0.4 is 0 Å². The summed E-state index contributed by atoms with van der Waals surface area (Å²) in [7, 11) is 0. The van der Waals surface area contributed by atoms with Crippen molar-refractivity contribution in [3.8, 4) is 0 Å². The molecular weight excluding hydrogens is 805 g/mol. The van der Waals surface area contributed by atoms with Gasteiger partial charge in [0, 0.05) is 30.8 Å². The summed E-state index contributed by atoms with van der Waals surface area (Å²) in [4.78, 5) is 62.4. The molecule has 2 aromatic carbocycles. The lowest BCUT2D eigenvalue weighted by atomic mass is 9.70. The highest BCUT2D eigenvalue weighted by Gasteiger charge is 2.56. The molecule has 4 rings (SSSR count). The van der Waals surface area contributed by atoms with Crippen molar-refractivity contribution in [2.75, 3.05) is 0 Å². The number of benzene rings is 2. The van der Waals surface area contributed by atoms with Crippen LogP contribution in [0.3, 0.4) is 0 Å². The van der Waals surface area contributed by atoms with E-state index in [0.29, 0.717) is 25.0 Å². The summed E-state index contributed by atoms with van der Waals surface area (Å²) >= 11 is 0. The first-order valence-corrected chi connectivity index (χ1v) is 23.7. The van der Waals surface area contributed by atoms with Crippen molar-refractivity contribution in [3.05, 3.63) is 84.4 Å². The third-order valence-corrected chi connectivity index (χ3v) is 13.7. The molecule has 9 unspecified atom stereocenters. The van der Waals surface area contributed by atoms with E-state index in [1.165, 1.54) is 0 Å². The van der Waals surface area contributed by atoms with Crippen LogP contribution in [0.5, 0.6) is 0 Å². The van der Waals surface area contributed by atoms with Crippen molar-refractivity contribution in [3.63, 3.8) is 0 Å². The van der Waals surface area contributed by atoms with Gasteiger partial charge in [0.1, 0.15) is 28.9 Å². The number of Topliss-reactive ketones (excluding diaryl/α,β-unsaturated/α-hetero) is 2. The monoisotopic (exact) mass is 891 g/mol. The Morgan fingerprint density at radius 2 is 1.06 bits per heavy atom. The van der Waals surface area contributed by atoms with Gasteiger partial charge in [0.25, 0.3) is 0 Å². The molecule has 0 radical (unpaired) electrons. The molecule has 0 amide bonds. The first-order valence-electron chi connectivity index (χ1n) is 23.7. The first-order chi connectivity index (χ1) is 29.5. The molecule has 2 aliphatic rings. The Hall–Kier alpha value is -3.70. The molecule has 2 fully saturated rings. The van der Waals surface area contributed by atoms with Gasteiger partial charge in [-0.3, -0.25) is 19.3 Å². The molecule has 360 valence electrons. The number of hydroxylamine groups is 4. The van der Waals surface area contributed by atoms with Gasteiger partial charge in [0.15, 0.2) is 6.10 Å². The summed E-state index contributed by atoms with van der Waals surface area (Å²) in [5.74, 6) is -0.216. The van der Waals surface area contributed by atoms with E-state index in [4.69, 9.17) is 19.1 Å². The Bertz CT molecular complexity index is 1820. The van der Waals surface area contributed by atoms with Crippen LogP contribution in [0.1, 0.15) is 193 Å². The van der Waals surface area contributed by atoms with Gasteiger partial charge in [0.2, 0.25) is 0 Å². The van der Waals surface area contributed by atoms with Crippen molar-refractivity contribution < 1.29 is 38.3 Å². The zero-order valence-electron chi connectivity index (χ0n) is 43.1. The minimum Gasteiger partial charge on any atom is -0.458 e. The SMILES string of the molecule is C=CC(=O)OC(C)(C)C.CCC1(C)CC(=O)C(C)C(C)(CC)N1OC(C)c1ccccc1.CCC1(C)CC(=O)C(C)C(C)(CC)N1OC(CC(C)c1ccccc1)C(=O)OC(C)(C)C. The topological polar surface area (TPSA) is 112 Å². The summed E-state index contributed by atoms with van der Waals surface area (Å²) in [6.45, 7) is 39.5. The number of carbonyl (C=O) groups is 4. The fraction of sp³-hybridized carbons (Fsp3) is 0.667. The molecule has 64 heavy (non-hydrogen) atoms. The van der Waals surface area contributed by atoms with Crippen molar-refractivity contribution in [1.29, 1.82) is 0 Å². The largest absolute Gasteiger partial charge is 0.458 e. The molecule has 0 N–H and O–H groups in total. The summed E-state index contributed by atoms with van der Waals surface area (Å²) in [5, 5.41) is 4.14. The molecule has 10 heteroatoms. The average molecular weight is 891 g/mol. The summed E-state index contributed by atoms with van der Waals surface area (Å²) in [5.41, 5.74) is -0.202. The average Bonchev–Trinajstić information content (AvgIpc) is 3.24. The van der Waals surface area contributed by atoms with E-state index in [0.717, 1.165) is 42.9 Å². The maximum atomic E-state index is 13.3. The van der Waals surface area contributed by atoms with Crippen molar-refractivity contribution >= 4 is 23.5 Å². The molecule has 0 aromatic heterocycles. The highest BCUT2D eigenvalue weighted by atomic mass is 16.7. The Kier molecular flexibility index (Phi) is 20.4. The number of ether oxygens (including phenoxy) is 2. The lowest BCUT2D eigenvalue weighted by Gasteiger charge is -2.56. The van der Waals surface area contributed by atoms with Gasteiger partial charge in [0.05, 0.1) is 22.2 Å². The molecule has 0 spiro atoms. The Balaban J connectivity index is 0.000000382. The van der Waals surface area contributed by atoms with Gasteiger partial charge in [-0.05, 0) is 125 Å². The van der Waals surface area contributed by atoms with Crippen LogP contribution in [0.2, 0.25) is 0 Å². The van der Waals surface area contributed by atoms with E-state index in [1.54, 1.807) is 0 Å². The molecule has 2 aliphatic heterocycles. The van der Waals surface area contributed by atoms with Gasteiger partial charge in [-0.15, -0.1) is 0 Å². The third kappa shape index (κ3) is 14.7. The van der Waals surface area contributed by atoms with E-state index >= 15 is 0 Å². The van der Waals surface area contributed by atoms with Crippen LogP contribution in [0, 0.1) is 11.8 Å². The second-order valence-corrected chi connectivity index (χ2v) is 21.0. The number of hydrogen-bond acceptors (Lipinski definition) is 10. The number of carbonyl (C=O) groups excluding carboxylic acids is 4. The van der Waals surface area contributed by atoms with Gasteiger partial charge in [-0.2, -0.15) is 10.1 Å². The second kappa shape index (κ2) is 23.2. The molecule has 0 aliphatic carbocycles. The zero-order valence-corrected chi connectivity index (χ0v) is 43.1. The maximum Gasteiger partial charge on any atom is 0.337 e. The standard InChI is InChI=1S/C27H43NO4.C20H31NO2.C7H12O2/c1-10-26(8)18-22(29)20(4)27(9,11-2)28(26)32-23(24(30)31-25(5,6)7)17-19(3)21-15-13-12-14-16-21;1-7-19(5)14-18(22)15(3)20(6,8-2)21(19)23-16(4)17-12-10-9-11-13-17;1-5-6(8)9-7(2,3)4/h12-16,19-20,23H,10-11,17-18H2,1-9H3;9-13,15-16H,7-8,14H2,1-6H3;5H,1H2,2-4H3. The molecule has 2 aromatic rings. The van der Waals surface area contributed by atoms with Crippen LogP contribution >= 0.6 is 0 Å². The Labute approximate surface area is 388 Å². The third-order valence-electron chi connectivity index (χ3n) is 13.7. The highest BCUT2D eigenvalue weighted by molar-refractivity contribution is 5.85. The van der Waals surface area contributed by atoms with Crippen molar-refractivity contribution in [1.82, 2.24) is 10.1 Å². The summed E-state index contributed by atoms with van der Waals surface area (Å²) in [6, 6.07) is 20.4. The predicted molar refractivity (Wildman–Crippen MR) is 258 cm³/mol. The molecule has 9 atom stereocenters. The number of esters is 2. The summed E-state index contributed by atoms with van der Waals surface area (Å²) < 4.78 is 10.6. The predicted octanol–water partition coefficient (Wildman–Crippen LogP) is 12.5. The van der Waals surface area contributed by atoms with E-state index in [-0.39, 0.29) is 52.7 Å². The fourth-order valence-corrected chi connectivity index (χ4v) is 8.61. The van der Waals surface area contributed by atoms with Crippen LogP contribution in [-0.2, 0) is 38.3 Å². The van der Waals surface area contributed by atoms with Gasteiger partial charge < -0.3 is 9.47 Å². The van der Waals surface area contributed by atoms with E-state index in [2.05, 4.69) is 105 Å². The van der Waals surface area contributed by atoms with E-state index < -0.39 is 28.4 Å². The van der Waals surface area contributed by atoms with Crippen LogP contribution in [0.25, 0.3) is 0 Å². The summed E-state index contributed by atoms with van der Waals surface area (Å²) in [6.07, 6.45) is 5.09. The van der Waals surface area contributed by atoms with Crippen LogP contribution in [0.15, 0.2) is 73.3 Å². The maximum absolute atomic E-state index is 13.3. The van der Waals surface area contributed by atoms with Crippen LogP contribution in [0.4, 0.5) is 0 Å². The highest BCUT2D eigenvalue weighted by Crippen LogP contribution is 2.47. The number of ketones is 2. The zero-order chi connectivity index (χ0) is 49.1. The smallest absolute Gasteiger partial charge is 0.337 e. The number of nitrogens with zero attached hydrogens (tertiary/aromatic N) is 2. The lowest BCUT2D eigenvalue weighted by molar-refractivity contribution is -0.316. The molecule has 2 saturated heterocycles.